The van der Waals surface area contributed by atoms with Gasteiger partial charge in [-0.3, -0.25) is 4.79 Å². The number of nitrogens with zero attached hydrogens (tertiary/aromatic N) is 1. The van der Waals surface area contributed by atoms with Gasteiger partial charge in [0.2, 0.25) is 5.91 Å². The lowest BCUT2D eigenvalue weighted by Crippen LogP contribution is -2.22. The zero-order valence-corrected chi connectivity index (χ0v) is 11.8. The number of nitrogens with one attached hydrogen (secondary N) is 1. The summed E-state index contributed by atoms with van der Waals surface area (Å²) in [7, 11) is 0. The standard InChI is InChI=1S/C15H22N2O2/c1-4-5-10-19-14-8-6-13(7-9-14)11-16-17-15(18)12(2)3/h6-9,11-12H,4-5,10H2,1-3H3,(H,17,18). The maximum atomic E-state index is 11.3. The molecule has 1 aromatic carbocycles. The largest absolute Gasteiger partial charge is 0.494 e. The number of benzene rings is 1. The van der Waals surface area contributed by atoms with Crippen molar-refractivity contribution in [1.82, 2.24) is 5.43 Å². The van der Waals surface area contributed by atoms with Crippen LogP contribution in [0.25, 0.3) is 0 Å². The van der Waals surface area contributed by atoms with Gasteiger partial charge in [0.05, 0.1) is 12.8 Å². The Kier molecular flexibility index (Phi) is 6.64. The number of ether oxygens (including phenoxy) is 1. The molecule has 0 aliphatic heterocycles. The second kappa shape index (κ2) is 8.29. The van der Waals surface area contributed by atoms with Crippen molar-refractivity contribution >= 4 is 12.1 Å². The minimum atomic E-state index is -0.0873. The summed E-state index contributed by atoms with van der Waals surface area (Å²) in [5, 5.41) is 3.90. The zero-order valence-electron chi connectivity index (χ0n) is 11.8. The Morgan fingerprint density at radius 3 is 2.63 bits per heavy atom. The molecule has 0 atom stereocenters. The van der Waals surface area contributed by atoms with Crippen molar-refractivity contribution in [3.05, 3.63) is 29.8 Å². The number of unbranched alkanes of at least 4 members (excludes halogenated alkanes) is 1. The molecular weight excluding hydrogens is 240 g/mol. The van der Waals surface area contributed by atoms with Gasteiger partial charge in [-0.1, -0.05) is 27.2 Å². The Hall–Kier alpha value is -1.84. The molecule has 0 saturated heterocycles. The van der Waals surface area contributed by atoms with Crippen LogP contribution in [0.4, 0.5) is 0 Å². The van der Waals surface area contributed by atoms with E-state index >= 15 is 0 Å². The fourth-order valence-electron chi connectivity index (χ4n) is 1.28. The lowest BCUT2D eigenvalue weighted by atomic mass is 10.2. The molecule has 104 valence electrons. The monoisotopic (exact) mass is 262 g/mol. The summed E-state index contributed by atoms with van der Waals surface area (Å²) in [6.07, 6.45) is 3.81. The minimum Gasteiger partial charge on any atom is -0.494 e. The molecule has 0 aliphatic rings. The summed E-state index contributed by atoms with van der Waals surface area (Å²) in [5.41, 5.74) is 3.41. The van der Waals surface area contributed by atoms with E-state index in [0.29, 0.717) is 0 Å². The van der Waals surface area contributed by atoms with Gasteiger partial charge in [-0.15, -0.1) is 0 Å². The molecule has 0 spiro atoms. The molecule has 0 radical (unpaired) electrons. The normalized spacial score (nSPS) is 10.9. The molecule has 0 fully saturated rings. The summed E-state index contributed by atoms with van der Waals surface area (Å²) in [6, 6.07) is 7.63. The number of carbonyl (C=O) groups is 1. The predicted octanol–water partition coefficient (Wildman–Crippen LogP) is 2.97. The maximum Gasteiger partial charge on any atom is 0.242 e. The summed E-state index contributed by atoms with van der Waals surface area (Å²) < 4.78 is 5.56. The second-order valence-electron chi connectivity index (χ2n) is 4.66. The van der Waals surface area contributed by atoms with E-state index < -0.39 is 0 Å². The first-order valence-electron chi connectivity index (χ1n) is 6.69. The number of carbonyl (C=O) groups excluding carboxylic acids is 1. The van der Waals surface area contributed by atoms with Crippen molar-refractivity contribution in [1.29, 1.82) is 0 Å². The van der Waals surface area contributed by atoms with Crippen molar-refractivity contribution < 1.29 is 9.53 Å². The Bertz CT molecular complexity index is 411. The number of rotatable bonds is 7. The number of hydrogen-bond acceptors (Lipinski definition) is 3. The fraction of sp³-hybridized carbons (Fsp3) is 0.467. The van der Waals surface area contributed by atoms with Gasteiger partial charge in [0.15, 0.2) is 0 Å². The van der Waals surface area contributed by atoms with E-state index in [9.17, 15) is 4.79 Å². The molecule has 0 bridgehead atoms. The van der Waals surface area contributed by atoms with E-state index in [1.807, 2.05) is 38.1 Å². The van der Waals surface area contributed by atoms with E-state index in [1.165, 1.54) is 0 Å². The predicted molar refractivity (Wildman–Crippen MR) is 77.4 cm³/mol. The number of amides is 1. The van der Waals surface area contributed by atoms with E-state index in [2.05, 4.69) is 17.5 Å². The third-order valence-corrected chi connectivity index (χ3v) is 2.56. The maximum absolute atomic E-state index is 11.3. The topological polar surface area (TPSA) is 50.7 Å². The highest BCUT2D eigenvalue weighted by molar-refractivity contribution is 5.83. The molecule has 0 aromatic heterocycles. The molecule has 1 N–H and O–H groups in total. The van der Waals surface area contributed by atoms with Gasteiger partial charge in [-0.05, 0) is 36.2 Å². The van der Waals surface area contributed by atoms with Gasteiger partial charge in [0.25, 0.3) is 0 Å². The van der Waals surface area contributed by atoms with Crippen LogP contribution in [-0.4, -0.2) is 18.7 Å². The highest BCUT2D eigenvalue weighted by atomic mass is 16.5. The van der Waals surface area contributed by atoms with Crippen molar-refractivity contribution in [3.63, 3.8) is 0 Å². The first kappa shape index (κ1) is 15.2. The molecule has 1 rings (SSSR count). The molecule has 0 heterocycles. The van der Waals surface area contributed by atoms with Crippen molar-refractivity contribution in [2.45, 2.75) is 33.6 Å². The van der Waals surface area contributed by atoms with Crippen molar-refractivity contribution in [3.8, 4) is 5.75 Å². The van der Waals surface area contributed by atoms with Gasteiger partial charge in [-0.2, -0.15) is 5.10 Å². The van der Waals surface area contributed by atoms with E-state index in [1.54, 1.807) is 6.21 Å². The summed E-state index contributed by atoms with van der Waals surface area (Å²) >= 11 is 0. The van der Waals surface area contributed by atoms with Crippen LogP contribution in [0.2, 0.25) is 0 Å². The summed E-state index contributed by atoms with van der Waals surface area (Å²) in [5.74, 6) is 0.707. The molecule has 0 unspecified atom stereocenters. The van der Waals surface area contributed by atoms with Crippen LogP contribution >= 0.6 is 0 Å². The highest BCUT2D eigenvalue weighted by Crippen LogP contribution is 2.11. The Labute approximate surface area is 114 Å². The molecule has 0 saturated carbocycles. The van der Waals surface area contributed by atoms with Gasteiger partial charge < -0.3 is 4.74 Å². The molecule has 0 aliphatic carbocycles. The third-order valence-electron chi connectivity index (χ3n) is 2.56. The van der Waals surface area contributed by atoms with Gasteiger partial charge >= 0.3 is 0 Å². The number of hydrogen-bond donors (Lipinski definition) is 1. The molecule has 4 nitrogen and oxygen atoms in total. The number of hydrazone groups is 1. The van der Waals surface area contributed by atoms with E-state index in [4.69, 9.17) is 4.74 Å². The van der Waals surface area contributed by atoms with Crippen LogP contribution in [0.3, 0.4) is 0 Å². The van der Waals surface area contributed by atoms with Crippen molar-refractivity contribution in [2.24, 2.45) is 11.0 Å². The Morgan fingerprint density at radius 2 is 2.05 bits per heavy atom. The lowest BCUT2D eigenvalue weighted by Gasteiger charge is -2.05. The minimum absolute atomic E-state index is 0.0634. The van der Waals surface area contributed by atoms with Crippen LogP contribution in [0, 0.1) is 5.92 Å². The first-order chi connectivity index (χ1) is 9.13. The highest BCUT2D eigenvalue weighted by Gasteiger charge is 2.03. The average molecular weight is 262 g/mol. The lowest BCUT2D eigenvalue weighted by molar-refractivity contribution is -0.123. The van der Waals surface area contributed by atoms with Gasteiger partial charge in [-0.25, -0.2) is 5.43 Å². The Morgan fingerprint density at radius 1 is 1.37 bits per heavy atom. The van der Waals surface area contributed by atoms with Crippen LogP contribution < -0.4 is 10.2 Å². The fourth-order valence-corrected chi connectivity index (χ4v) is 1.28. The Balaban J connectivity index is 2.43. The summed E-state index contributed by atoms with van der Waals surface area (Å²) in [6.45, 7) is 6.53. The smallest absolute Gasteiger partial charge is 0.242 e. The van der Waals surface area contributed by atoms with Crippen LogP contribution in [0.5, 0.6) is 5.75 Å². The first-order valence-corrected chi connectivity index (χ1v) is 6.69. The van der Waals surface area contributed by atoms with Crippen LogP contribution in [-0.2, 0) is 4.79 Å². The molecule has 4 heteroatoms. The van der Waals surface area contributed by atoms with Crippen molar-refractivity contribution in [2.75, 3.05) is 6.61 Å². The third kappa shape index (κ3) is 6.04. The zero-order chi connectivity index (χ0) is 14.1. The van der Waals surface area contributed by atoms with Gasteiger partial charge in [0.1, 0.15) is 5.75 Å². The molecule has 1 amide bonds. The molecular formula is C15H22N2O2. The van der Waals surface area contributed by atoms with E-state index in [0.717, 1.165) is 30.8 Å². The van der Waals surface area contributed by atoms with Gasteiger partial charge in [0, 0.05) is 5.92 Å². The second-order valence-corrected chi connectivity index (χ2v) is 4.66. The van der Waals surface area contributed by atoms with Crippen LogP contribution in [0.1, 0.15) is 39.2 Å². The van der Waals surface area contributed by atoms with E-state index in [-0.39, 0.29) is 11.8 Å². The quantitative estimate of drug-likeness (QED) is 0.466. The molecule has 19 heavy (non-hydrogen) atoms. The SMILES string of the molecule is CCCCOc1ccc(C=NNC(=O)C(C)C)cc1. The molecule has 1 aromatic rings. The summed E-state index contributed by atoms with van der Waals surface area (Å²) in [4.78, 5) is 11.3. The average Bonchev–Trinajstić information content (AvgIpc) is 2.40. The van der Waals surface area contributed by atoms with Crippen LogP contribution in [0.15, 0.2) is 29.4 Å².